The molecule has 7 heteroatoms. The van der Waals surface area contributed by atoms with E-state index in [4.69, 9.17) is 4.74 Å². The molecule has 1 aromatic heterocycles. The van der Waals surface area contributed by atoms with Gasteiger partial charge < -0.3 is 19.5 Å². The van der Waals surface area contributed by atoms with Crippen molar-refractivity contribution < 1.29 is 9.53 Å². The minimum Gasteiger partial charge on any atom is -0.366 e. The van der Waals surface area contributed by atoms with Crippen molar-refractivity contribution in [1.29, 1.82) is 0 Å². The van der Waals surface area contributed by atoms with Crippen molar-refractivity contribution in [3.63, 3.8) is 0 Å². The van der Waals surface area contributed by atoms with Gasteiger partial charge in [0.15, 0.2) is 0 Å². The summed E-state index contributed by atoms with van der Waals surface area (Å²) < 4.78 is 7.73. The fraction of sp³-hybridized carbons (Fsp3) is 0.786. The van der Waals surface area contributed by atoms with Crippen molar-refractivity contribution in [2.45, 2.75) is 38.8 Å². The van der Waals surface area contributed by atoms with Crippen LogP contribution >= 0.6 is 0 Å². The standard InChI is InChI=1S/C14H23N5O2/c1-10(2)13-17-16-12-3-5-18(6-7-19(12)13)14(20)11-9-15-4-8-21-11/h10-11,15H,3-9H2,1-2H3. The molecule has 0 radical (unpaired) electrons. The number of carbonyl (C=O) groups excluding carboxylic acids is 1. The van der Waals surface area contributed by atoms with Gasteiger partial charge in [-0.1, -0.05) is 13.8 Å². The van der Waals surface area contributed by atoms with Gasteiger partial charge in [-0.15, -0.1) is 10.2 Å². The number of hydrogen-bond donors (Lipinski definition) is 1. The second-order valence-electron chi connectivity index (χ2n) is 5.92. The van der Waals surface area contributed by atoms with Gasteiger partial charge in [0, 0.05) is 45.1 Å². The molecule has 1 saturated heterocycles. The molecule has 21 heavy (non-hydrogen) atoms. The number of morpholine rings is 1. The summed E-state index contributed by atoms with van der Waals surface area (Å²) in [6, 6.07) is 0. The second-order valence-corrected chi connectivity index (χ2v) is 5.92. The van der Waals surface area contributed by atoms with Gasteiger partial charge in [-0.3, -0.25) is 4.79 Å². The number of hydrogen-bond acceptors (Lipinski definition) is 5. The summed E-state index contributed by atoms with van der Waals surface area (Å²) in [4.78, 5) is 14.4. The zero-order valence-electron chi connectivity index (χ0n) is 12.7. The molecule has 3 rings (SSSR count). The lowest BCUT2D eigenvalue weighted by Crippen LogP contribution is -2.50. The zero-order chi connectivity index (χ0) is 14.8. The first-order valence-corrected chi connectivity index (χ1v) is 7.70. The van der Waals surface area contributed by atoms with Gasteiger partial charge in [0.05, 0.1) is 6.61 Å². The fourth-order valence-corrected chi connectivity index (χ4v) is 2.92. The summed E-state index contributed by atoms with van der Waals surface area (Å²) in [7, 11) is 0. The number of aromatic nitrogens is 3. The van der Waals surface area contributed by atoms with Crippen LogP contribution < -0.4 is 5.32 Å². The molecule has 3 heterocycles. The van der Waals surface area contributed by atoms with Crippen molar-refractivity contribution in [3.05, 3.63) is 11.6 Å². The Morgan fingerprint density at radius 3 is 2.90 bits per heavy atom. The Bertz CT molecular complexity index is 507. The largest absolute Gasteiger partial charge is 0.366 e. The molecule has 1 N–H and O–H groups in total. The molecule has 0 bridgehead atoms. The number of fused-ring (bicyclic) bond motifs is 1. The van der Waals surface area contributed by atoms with Crippen molar-refractivity contribution in [3.8, 4) is 0 Å². The number of nitrogens with zero attached hydrogens (tertiary/aromatic N) is 4. The van der Waals surface area contributed by atoms with Gasteiger partial charge in [-0.2, -0.15) is 0 Å². The molecule has 2 aliphatic heterocycles. The number of amides is 1. The molecule has 7 nitrogen and oxygen atoms in total. The first-order valence-electron chi connectivity index (χ1n) is 7.70. The van der Waals surface area contributed by atoms with Crippen molar-refractivity contribution >= 4 is 5.91 Å². The Labute approximate surface area is 124 Å². The van der Waals surface area contributed by atoms with Crippen LogP contribution in [0.5, 0.6) is 0 Å². The third-order valence-electron chi connectivity index (χ3n) is 4.09. The first kappa shape index (κ1) is 14.5. The summed E-state index contributed by atoms with van der Waals surface area (Å²) in [5.41, 5.74) is 0. The molecular weight excluding hydrogens is 270 g/mol. The van der Waals surface area contributed by atoms with Gasteiger partial charge >= 0.3 is 0 Å². The topological polar surface area (TPSA) is 72.3 Å². The molecule has 1 aromatic rings. The van der Waals surface area contributed by atoms with E-state index in [0.717, 1.165) is 31.2 Å². The smallest absolute Gasteiger partial charge is 0.253 e. The van der Waals surface area contributed by atoms with Crippen LogP contribution in [0, 0.1) is 0 Å². The summed E-state index contributed by atoms with van der Waals surface area (Å²) in [5.74, 6) is 2.43. The number of ether oxygens (including phenoxy) is 1. The maximum atomic E-state index is 12.5. The Morgan fingerprint density at radius 2 is 2.19 bits per heavy atom. The average molecular weight is 293 g/mol. The monoisotopic (exact) mass is 293 g/mol. The summed E-state index contributed by atoms with van der Waals surface area (Å²) in [6.45, 7) is 8.42. The number of carbonyl (C=O) groups is 1. The quantitative estimate of drug-likeness (QED) is 0.816. The predicted molar refractivity (Wildman–Crippen MR) is 77.0 cm³/mol. The predicted octanol–water partition coefficient (Wildman–Crippen LogP) is -0.225. The van der Waals surface area contributed by atoms with Crippen LogP contribution in [0.1, 0.15) is 31.4 Å². The van der Waals surface area contributed by atoms with E-state index in [1.807, 2.05) is 4.90 Å². The zero-order valence-corrected chi connectivity index (χ0v) is 12.7. The van der Waals surface area contributed by atoms with E-state index in [-0.39, 0.29) is 12.0 Å². The van der Waals surface area contributed by atoms with E-state index < -0.39 is 0 Å². The molecule has 0 saturated carbocycles. The average Bonchev–Trinajstić information content (AvgIpc) is 2.80. The highest BCUT2D eigenvalue weighted by molar-refractivity contribution is 5.81. The van der Waals surface area contributed by atoms with Gasteiger partial charge in [0.25, 0.3) is 5.91 Å². The van der Waals surface area contributed by atoms with E-state index in [1.165, 1.54) is 0 Å². The maximum absolute atomic E-state index is 12.5. The Balaban J connectivity index is 1.68. The molecule has 2 aliphatic rings. The van der Waals surface area contributed by atoms with Crippen LogP contribution in [0.15, 0.2) is 0 Å². The highest BCUT2D eigenvalue weighted by Gasteiger charge is 2.29. The van der Waals surface area contributed by atoms with Crippen LogP contribution in [0.3, 0.4) is 0 Å². The third kappa shape index (κ3) is 2.94. The minimum atomic E-state index is -0.341. The van der Waals surface area contributed by atoms with Crippen LogP contribution in [-0.4, -0.2) is 64.5 Å². The van der Waals surface area contributed by atoms with Crippen LogP contribution in [0.25, 0.3) is 0 Å². The van der Waals surface area contributed by atoms with E-state index in [2.05, 4.69) is 33.9 Å². The molecule has 0 aliphatic carbocycles. The van der Waals surface area contributed by atoms with E-state index in [9.17, 15) is 4.79 Å². The van der Waals surface area contributed by atoms with Crippen molar-refractivity contribution in [1.82, 2.24) is 25.0 Å². The van der Waals surface area contributed by atoms with Crippen molar-refractivity contribution in [2.75, 3.05) is 32.8 Å². The van der Waals surface area contributed by atoms with Crippen LogP contribution in [0.2, 0.25) is 0 Å². The lowest BCUT2D eigenvalue weighted by molar-refractivity contribution is -0.145. The lowest BCUT2D eigenvalue weighted by Gasteiger charge is -2.28. The van der Waals surface area contributed by atoms with Gasteiger partial charge in [-0.25, -0.2) is 0 Å². The second kappa shape index (κ2) is 6.11. The highest BCUT2D eigenvalue weighted by Crippen LogP contribution is 2.17. The summed E-state index contributed by atoms with van der Waals surface area (Å²) >= 11 is 0. The van der Waals surface area contributed by atoms with Crippen LogP contribution in [-0.2, 0) is 22.5 Å². The SMILES string of the molecule is CC(C)c1nnc2n1CCN(C(=O)C1CNCCO1)CC2. The van der Waals surface area contributed by atoms with Gasteiger partial charge in [0.2, 0.25) is 0 Å². The lowest BCUT2D eigenvalue weighted by atomic mass is 10.2. The maximum Gasteiger partial charge on any atom is 0.253 e. The van der Waals surface area contributed by atoms with E-state index in [0.29, 0.717) is 32.2 Å². The van der Waals surface area contributed by atoms with Crippen LogP contribution in [0.4, 0.5) is 0 Å². The fourth-order valence-electron chi connectivity index (χ4n) is 2.92. The molecular formula is C14H23N5O2. The first-order chi connectivity index (χ1) is 10.2. The third-order valence-corrected chi connectivity index (χ3v) is 4.09. The number of rotatable bonds is 2. The highest BCUT2D eigenvalue weighted by atomic mass is 16.5. The molecule has 1 amide bonds. The van der Waals surface area contributed by atoms with Gasteiger partial charge in [0.1, 0.15) is 17.8 Å². The van der Waals surface area contributed by atoms with E-state index in [1.54, 1.807) is 0 Å². The molecule has 1 fully saturated rings. The van der Waals surface area contributed by atoms with E-state index >= 15 is 0 Å². The molecule has 1 unspecified atom stereocenters. The Hall–Kier alpha value is -1.47. The summed E-state index contributed by atoms with van der Waals surface area (Å²) in [5, 5.41) is 11.8. The molecule has 0 aromatic carbocycles. The molecule has 1 atom stereocenters. The molecule has 0 spiro atoms. The minimum absolute atomic E-state index is 0.0898. The number of nitrogens with one attached hydrogen (secondary N) is 1. The van der Waals surface area contributed by atoms with Gasteiger partial charge in [-0.05, 0) is 0 Å². The summed E-state index contributed by atoms with van der Waals surface area (Å²) in [6.07, 6.45) is 0.415. The van der Waals surface area contributed by atoms with Crippen molar-refractivity contribution in [2.24, 2.45) is 0 Å². The molecule has 116 valence electrons. The Kier molecular flexibility index (Phi) is 4.21. The Morgan fingerprint density at radius 1 is 1.33 bits per heavy atom. The normalized spacial score (nSPS) is 23.0.